The normalized spacial score (nSPS) is 19.3. The highest BCUT2D eigenvalue weighted by atomic mass is 79.9. The monoisotopic (exact) mass is 568 g/mol. The molecule has 10 heteroatoms. The molecule has 0 unspecified atom stereocenters. The van der Waals surface area contributed by atoms with Crippen molar-refractivity contribution in [2.45, 2.75) is 38.7 Å². The Hall–Kier alpha value is -3.60. The van der Waals surface area contributed by atoms with Crippen molar-refractivity contribution < 1.29 is 24.2 Å². The zero-order valence-electron chi connectivity index (χ0n) is 20.2. The maximum Gasteiger partial charge on any atom is 0.340 e. The third-order valence-corrected chi connectivity index (χ3v) is 6.52. The summed E-state index contributed by atoms with van der Waals surface area (Å²) in [5, 5.41) is 9.88. The summed E-state index contributed by atoms with van der Waals surface area (Å²) in [6.45, 7) is 3.02. The van der Waals surface area contributed by atoms with Gasteiger partial charge < -0.3 is 14.6 Å². The summed E-state index contributed by atoms with van der Waals surface area (Å²) >= 11 is 3.13. The van der Waals surface area contributed by atoms with E-state index in [4.69, 9.17) is 9.47 Å². The molecule has 0 bridgehead atoms. The summed E-state index contributed by atoms with van der Waals surface area (Å²) < 4.78 is 13.2. The molecule has 3 aromatic rings. The highest BCUT2D eigenvalue weighted by Gasteiger charge is 2.40. The number of carbonyl (C=O) groups excluding carboxylic acids is 2. The van der Waals surface area contributed by atoms with E-state index in [9.17, 15) is 24.3 Å². The van der Waals surface area contributed by atoms with E-state index in [1.165, 1.54) is 23.3 Å². The van der Waals surface area contributed by atoms with E-state index in [1.54, 1.807) is 56.3 Å². The average Bonchev–Trinajstić information content (AvgIpc) is 3.28. The lowest BCUT2D eigenvalue weighted by molar-refractivity contribution is -0.0524. The topological polar surface area (TPSA) is 117 Å². The first-order valence-electron chi connectivity index (χ1n) is 11.5. The fourth-order valence-corrected chi connectivity index (χ4v) is 4.54. The maximum absolute atomic E-state index is 13.5. The number of ether oxygens (including phenoxy) is 2. The Bertz CT molecular complexity index is 1490. The standard InChI is InChI=1S/C27H25BrN2O7/c1-16-7-3-5-9-19(16)25(33)30-24(32)18(11-12-28)14-29(27(30)35)23-13-21(22(15-31)36-23)37-26(34)20-10-6-4-8-17(20)2/h3-12,14,21-23,31H,13,15H2,1-2H3/b12-11+/t21-,22+,23+/m0/s1. The number of halogens is 1. The number of hydrogen-bond donors (Lipinski definition) is 1. The fourth-order valence-electron chi connectivity index (χ4n) is 4.25. The lowest BCUT2D eigenvalue weighted by Crippen LogP contribution is -2.45. The largest absolute Gasteiger partial charge is 0.456 e. The molecule has 2 aromatic carbocycles. The Morgan fingerprint density at radius 1 is 1.08 bits per heavy atom. The summed E-state index contributed by atoms with van der Waals surface area (Å²) in [4.78, 5) is 54.1. The molecule has 4 rings (SSSR count). The van der Waals surface area contributed by atoms with Gasteiger partial charge in [0.05, 0.1) is 17.7 Å². The Morgan fingerprint density at radius 3 is 2.30 bits per heavy atom. The Kier molecular flexibility index (Phi) is 8.01. The van der Waals surface area contributed by atoms with Crippen LogP contribution < -0.4 is 11.2 Å². The van der Waals surface area contributed by atoms with Crippen LogP contribution in [-0.2, 0) is 9.47 Å². The van der Waals surface area contributed by atoms with E-state index in [0.29, 0.717) is 15.7 Å². The molecule has 9 nitrogen and oxygen atoms in total. The third-order valence-electron chi connectivity index (χ3n) is 6.26. The number of aliphatic hydroxyl groups is 1. The molecule has 37 heavy (non-hydrogen) atoms. The van der Waals surface area contributed by atoms with Gasteiger partial charge in [-0.2, -0.15) is 4.57 Å². The number of nitrogens with zero attached hydrogens (tertiary/aromatic N) is 2. The molecule has 1 N–H and O–H groups in total. The average molecular weight is 569 g/mol. The van der Waals surface area contributed by atoms with Crippen LogP contribution in [-0.4, -0.2) is 44.9 Å². The zero-order chi connectivity index (χ0) is 26.7. The molecule has 0 radical (unpaired) electrons. The minimum absolute atomic E-state index is 0.0248. The molecule has 1 saturated heterocycles. The predicted octanol–water partition coefficient (Wildman–Crippen LogP) is 3.19. The summed E-state index contributed by atoms with van der Waals surface area (Å²) in [6.07, 6.45) is -0.0536. The number of hydrogen-bond acceptors (Lipinski definition) is 7. The minimum Gasteiger partial charge on any atom is -0.456 e. The van der Waals surface area contributed by atoms with E-state index in [1.807, 2.05) is 0 Å². The van der Waals surface area contributed by atoms with Gasteiger partial charge in [-0.05, 0) is 48.2 Å². The molecule has 2 heterocycles. The van der Waals surface area contributed by atoms with Crippen molar-refractivity contribution in [2.75, 3.05) is 6.61 Å². The second-order valence-corrected chi connectivity index (χ2v) is 9.16. The summed E-state index contributed by atoms with van der Waals surface area (Å²) in [5.74, 6) is -1.35. The number of aryl methyl sites for hydroxylation is 2. The van der Waals surface area contributed by atoms with Crippen LogP contribution in [0.5, 0.6) is 0 Å². The first-order chi connectivity index (χ1) is 17.8. The van der Waals surface area contributed by atoms with E-state index in [2.05, 4.69) is 15.9 Å². The molecule has 192 valence electrons. The second-order valence-electron chi connectivity index (χ2n) is 8.63. The van der Waals surface area contributed by atoms with Crippen molar-refractivity contribution in [1.82, 2.24) is 9.13 Å². The predicted molar refractivity (Wildman–Crippen MR) is 140 cm³/mol. The van der Waals surface area contributed by atoms with E-state index in [0.717, 1.165) is 10.1 Å². The SMILES string of the molecule is Cc1ccccc1C(=O)O[C@H]1C[C@H](n2cc(/C=C/Br)c(=O)n(C(=O)c3ccccc3C)c2=O)O[C@@H]1CO. The van der Waals surface area contributed by atoms with Crippen LogP contribution in [0.25, 0.3) is 6.08 Å². The molecule has 1 aromatic heterocycles. The lowest BCUT2D eigenvalue weighted by atomic mass is 10.1. The van der Waals surface area contributed by atoms with Crippen molar-refractivity contribution in [3.63, 3.8) is 0 Å². The van der Waals surface area contributed by atoms with Crippen LogP contribution in [0, 0.1) is 13.8 Å². The highest BCUT2D eigenvalue weighted by Crippen LogP contribution is 2.31. The van der Waals surface area contributed by atoms with E-state index in [-0.39, 0.29) is 17.5 Å². The van der Waals surface area contributed by atoms with Gasteiger partial charge in [0, 0.05) is 18.2 Å². The van der Waals surface area contributed by atoms with Crippen LogP contribution in [0.4, 0.5) is 0 Å². The zero-order valence-corrected chi connectivity index (χ0v) is 21.8. The van der Waals surface area contributed by atoms with Crippen molar-refractivity contribution in [1.29, 1.82) is 0 Å². The first-order valence-corrected chi connectivity index (χ1v) is 12.5. The van der Waals surface area contributed by atoms with Crippen LogP contribution in [0.3, 0.4) is 0 Å². The summed E-state index contributed by atoms with van der Waals surface area (Å²) in [7, 11) is 0. The van der Waals surface area contributed by atoms with Crippen molar-refractivity contribution >= 4 is 33.9 Å². The second kappa shape index (κ2) is 11.2. The van der Waals surface area contributed by atoms with Crippen molar-refractivity contribution in [2.24, 2.45) is 0 Å². The van der Waals surface area contributed by atoms with Gasteiger partial charge in [-0.25, -0.2) is 9.59 Å². The first kappa shape index (κ1) is 26.5. The molecule has 0 amide bonds. The van der Waals surface area contributed by atoms with Gasteiger partial charge in [0.15, 0.2) is 0 Å². The van der Waals surface area contributed by atoms with Gasteiger partial charge in [0.25, 0.3) is 11.5 Å². The molecule has 0 spiro atoms. The highest BCUT2D eigenvalue weighted by molar-refractivity contribution is 9.11. The van der Waals surface area contributed by atoms with Gasteiger partial charge in [0.1, 0.15) is 18.4 Å². The summed E-state index contributed by atoms with van der Waals surface area (Å²) in [6, 6.07) is 13.6. The van der Waals surface area contributed by atoms with Gasteiger partial charge >= 0.3 is 11.7 Å². The quantitative estimate of drug-likeness (QED) is 0.454. The van der Waals surface area contributed by atoms with Gasteiger partial charge in [-0.15, -0.1) is 0 Å². The molecule has 1 aliphatic heterocycles. The van der Waals surface area contributed by atoms with Crippen LogP contribution in [0.15, 0.2) is 69.3 Å². The smallest absolute Gasteiger partial charge is 0.340 e. The van der Waals surface area contributed by atoms with E-state index >= 15 is 0 Å². The van der Waals surface area contributed by atoms with Crippen LogP contribution >= 0.6 is 15.9 Å². The maximum atomic E-state index is 13.5. The van der Waals surface area contributed by atoms with Gasteiger partial charge in [-0.3, -0.25) is 14.2 Å². The molecular weight excluding hydrogens is 544 g/mol. The Labute approximate surface area is 220 Å². The number of rotatable bonds is 6. The number of aromatic nitrogens is 2. The molecule has 0 aliphatic carbocycles. The van der Waals surface area contributed by atoms with E-state index < -0.39 is 48.2 Å². The third kappa shape index (κ3) is 5.27. The minimum atomic E-state index is -1.00. The van der Waals surface area contributed by atoms with Crippen LogP contribution in [0.2, 0.25) is 0 Å². The molecule has 3 atom stereocenters. The number of benzene rings is 2. The Balaban J connectivity index is 1.72. The number of aliphatic hydroxyl groups excluding tert-OH is 1. The fraction of sp³-hybridized carbons (Fsp3) is 0.259. The molecule has 1 fully saturated rings. The Morgan fingerprint density at radius 2 is 1.70 bits per heavy atom. The van der Waals surface area contributed by atoms with Crippen molar-refractivity contribution in [3.05, 3.63) is 108 Å². The number of carbonyl (C=O) groups is 2. The van der Waals surface area contributed by atoms with Gasteiger partial charge in [-0.1, -0.05) is 52.3 Å². The molecule has 1 aliphatic rings. The van der Waals surface area contributed by atoms with Gasteiger partial charge in [0.2, 0.25) is 0 Å². The van der Waals surface area contributed by atoms with Crippen LogP contribution in [0.1, 0.15) is 50.1 Å². The molecular formula is C27H25BrN2O7. The summed E-state index contributed by atoms with van der Waals surface area (Å²) in [5.41, 5.74) is 0.283. The van der Waals surface area contributed by atoms with Crippen molar-refractivity contribution in [3.8, 4) is 0 Å². The number of esters is 1. The molecule has 0 saturated carbocycles. The lowest BCUT2D eigenvalue weighted by Gasteiger charge is -2.17.